The summed E-state index contributed by atoms with van der Waals surface area (Å²) in [5, 5.41) is 18.4. The van der Waals surface area contributed by atoms with Gasteiger partial charge in [-0.1, -0.05) is 24.3 Å². The number of aryl methyl sites for hydroxylation is 1. The number of aliphatic carboxylic acids is 1. The Balaban J connectivity index is 1.92. The van der Waals surface area contributed by atoms with Crippen molar-refractivity contribution < 1.29 is 15.0 Å². The van der Waals surface area contributed by atoms with Gasteiger partial charge in [0.1, 0.15) is 11.6 Å². The molecule has 0 saturated heterocycles. The zero-order valence-electron chi connectivity index (χ0n) is 13.1. The second kappa shape index (κ2) is 6.72. The average Bonchev–Trinajstić information content (AvgIpc) is 2.94. The second-order valence-electron chi connectivity index (χ2n) is 5.73. The van der Waals surface area contributed by atoms with Crippen molar-refractivity contribution >= 4 is 17.0 Å². The first-order valence-corrected chi connectivity index (χ1v) is 7.75. The fourth-order valence-electron chi connectivity index (χ4n) is 2.80. The largest absolute Gasteiger partial charge is 0.508 e. The lowest BCUT2D eigenvalue weighted by Crippen LogP contribution is -2.20. The Morgan fingerprint density at radius 1 is 1.17 bits per heavy atom. The van der Waals surface area contributed by atoms with Gasteiger partial charge in [-0.15, -0.1) is 0 Å². The minimum atomic E-state index is -0.856. The number of aromatic hydroxyl groups is 1. The van der Waals surface area contributed by atoms with Crippen LogP contribution in [0.2, 0.25) is 0 Å². The molecular formula is C18H19N3O3. The van der Waals surface area contributed by atoms with Crippen LogP contribution in [0.4, 0.5) is 0 Å². The number of carbonyl (C=O) groups is 1. The molecule has 1 heterocycles. The molecule has 0 fully saturated rings. The standard InChI is InChI=1S/C18H19N3O3/c19-14(11-12-5-7-13(22)8-6-12)18-20-15-3-1-2-4-16(15)21(18)10-9-17(23)24/h1-8,14,22H,9-11,19H2,(H,23,24). The van der Waals surface area contributed by atoms with Gasteiger partial charge in [-0.25, -0.2) is 4.98 Å². The number of phenols is 1. The molecule has 24 heavy (non-hydrogen) atoms. The van der Waals surface area contributed by atoms with Crippen LogP contribution in [0.25, 0.3) is 11.0 Å². The molecule has 0 saturated carbocycles. The second-order valence-corrected chi connectivity index (χ2v) is 5.73. The molecule has 0 aliphatic heterocycles. The van der Waals surface area contributed by atoms with E-state index in [0.717, 1.165) is 16.6 Å². The summed E-state index contributed by atoms with van der Waals surface area (Å²) in [5.74, 6) is 0.0254. The van der Waals surface area contributed by atoms with Crippen LogP contribution in [0.5, 0.6) is 5.75 Å². The number of aromatic nitrogens is 2. The summed E-state index contributed by atoms with van der Waals surface area (Å²) in [6, 6.07) is 14.1. The summed E-state index contributed by atoms with van der Waals surface area (Å²) in [5.41, 5.74) is 9.02. The lowest BCUT2D eigenvalue weighted by atomic mass is 10.1. The zero-order valence-corrected chi connectivity index (χ0v) is 13.1. The highest BCUT2D eigenvalue weighted by molar-refractivity contribution is 5.76. The number of hydrogen-bond donors (Lipinski definition) is 3. The molecule has 1 atom stereocenters. The summed E-state index contributed by atoms with van der Waals surface area (Å²) in [7, 11) is 0. The van der Waals surface area contributed by atoms with Gasteiger partial charge in [0.2, 0.25) is 0 Å². The summed E-state index contributed by atoms with van der Waals surface area (Å²) in [6.45, 7) is 0.328. The maximum Gasteiger partial charge on any atom is 0.305 e. The van der Waals surface area contributed by atoms with Crippen LogP contribution in [0.15, 0.2) is 48.5 Å². The van der Waals surface area contributed by atoms with E-state index in [-0.39, 0.29) is 18.2 Å². The lowest BCUT2D eigenvalue weighted by molar-refractivity contribution is -0.137. The van der Waals surface area contributed by atoms with E-state index in [9.17, 15) is 9.90 Å². The Morgan fingerprint density at radius 2 is 1.88 bits per heavy atom. The minimum Gasteiger partial charge on any atom is -0.508 e. The van der Waals surface area contributed by atoms with E-state index in [0.29, 0.717) is 18.8 Å². The van der Waals surface area contributed by atoms with Crippen LogP contribution >= 0.6 is 0 Å². The highest BCUT2D eigenvalue weighted by Gasteiger charge is 2.18. The van der Waals surface area contributed by atoms with E-state index in [1.54, 1.807) is 12.1 Å². The van der Waals surface area contributed by atoms with Crippen LogP contribution in [0.1, 0.15) is 23.9 Å². The van der Waals surface area contributed by atoms with Gasteiger partial charge in [-0.05, 0) is 36.2 Å². The highest BCUT2D eigenvalue weighted by Crippen LogP contribution is 2.23. The van der Waals surface area contributed by atoms with E-state index < -0.39 is 5.97 Å². The molecular weight excluding hydrogens is 306 g/mol. The van der Waals surface area contributed by atoms with Crippen molar-refractivity contribution in [3.8, 4) is 5.75 Å². The number of imidazole rings is 1. The predicted molar refractivity (Wildman–Crippen MR) is 90.7 cm³/mol. The van der Waals surface area contributed by atoms with E-state index in [1.165, 1.54) is 0 Å². The highest BCUT2D eigenvalue weighted by atomic mass is 16.4. The number of fused-ring (bicyclic) bond motifs is 1. The summed E-state index contributed by atoms with van der Waals surface area (Å²) in [4.78, 5) is 15.5. The van der Waals surface area contributed by atoms with Crippen molar-refractivity contribution in [3.63, 3.8) is 0 Å². The van der Waals surface area contributed by atoms with E-state index >= 15 is 0 Å². The molecule has 0 spiro atoms. The Kier molecular flexibility index (Phi) is 4.48. The lowest BCUT2D eigenvalue weighted by Gasteiger charge is -2.14. The Bertz CT molecular complexity index is 856. The van der Waals surface area contributed by atoms with Gasteiger partial charge >= 0.3 is 5.97 Å². The third kappa shape index (κ3) is 3.38. The Morgan fingerprint density at radius 3 is 2.58 bits per heavy atom. The van der Waals surface area contributed by atoms with Crippen molar-refractivity contribution in [2.24, 2.45) is 5.73 Å². The van der Waals surface area contributed by atoms with Gasteiger partial charge in [-0.3, -0.25) is 4.79 Å². The molecule has 6 heteroatoms. The number of benzene rings is 2. The SMILES string of the molecule is NC(Cc1ccc(O)cc1)c1nc2ccccc2n1CCC(=O)O. The number of carboxylic acid groups (broad SMARTS) is 1. The first kappa shape index (κ1) is 16.0. The number of rotatable bonds is 6. The van der Waals surface area contributed by atoms with Gasteiger partial charge in [0.25, 0.3) is 0 Å². The molecule has 4 N–H and O–H groups in total. The van der Waals surface area contributed by atoms with Gasteiger partial charge in [0.15, 0.2) is 0 Å². The number of nitrogens with zero attached hydrogens (tertiary/aromatic N) is 2. The van der Waals surface area contributed by atoms with Gasteiger partial charge in [-0.2, -0.15) is 0 Å². The number of carboxylic acids is 1. The number of hydrogen-bond acceptors (Lipinski definition) is 4. The predicted octanol–water partition coefficient (Wildman–Crippen LogP) is 2.46. The normalized spacial score (nSPS) is 12.4. The summed E-state index contributed by atoms with van der Waals surface area (Å²) in [6.07, 6.45) is 0.565. The van der Waals surface area contributed by atoms with Crippen molar-refractivity contribution in [1.82, 2.24) is 9.55 Å². The Labute approximate surface area is 139 Å². The van der Waals surface area contributed by atoms with Gasteiger partial charge in [0, 0.05) is 6.54 Å². The number of nitrogens with two attached hydrogens (primary N) is 1. The molecule has 2 aromatic carbocycles. The third-order valence-electron chi connectivity index (χ3n) is 3.96. The first-order chi connectivity index (χ1) is 11.5. The van der Waals surface area contributed by atoms with Crippen LogP contribution in [-0.4, -0.2) is 25.7 Å². The zero-order chi connectivity index (χ0) is 17.1. The van der Waals surface area contributed by atoms with Gasteiger partial charge in [0.05, 0.1) is 23.5 Å². The fourth-order valence-corrected chi connectivity index (χ4v) is 2.80. The molecule has 0 amide bonds. The van der Waals surface area contributed by atoms with E-state index in [2.05, 4.69) is 4.98 Å². The summed E-state index contributed by atoms with van der Waals surface area (Å²) < 4.78 is 1.88. The number of para-hydroxylation sites is 2. The maximum absolute atomic E-state index is 10.9. The summed E-state index contributed by atoms with van der Waals surface area (Å²) >= 11 is 0. The van der Waals surface area contributed by atoms with Gasteiger partial charge < -0.3 is 20.5 Å². The van der Waals surface area contributed by atoms with Crippen molar-refractivity contribution in [2.75, 3.05) is 0 Å². The topological polar surface area (TPSA) is 101 Å². The molecule has 0 aliphatic carbocycles. The van der Waals surface area contributed by atoms with E-state index in [4.69, 9.17) is 10.8 Å². The van der Waals surface area contributed by atoms with Crippen molar-refractivity contribution in [2.45, 2.75) is 25.4 Å². The molecule has 1 unspecified atom stereocenters. The minimum absolute atomic E-state index is 0.0132. The quantitative estimate of drug-likeness (QED) is 0.646. The molecule has 0 aliphatic rings. The number of phenolic OH excluding ortho intramolecular Hbond substituents is 1. The molecule has 3 aromatic rings. The van der Waals surface area contributed by atoms with Crippen LogP contribution in [-0.2, 0) is 17.8 Å². The van der Waals surface area contributed by atoms with Crippen molar-refractivity contribution in [1.29, 1.82) is 0 Å². The third-order valence-corrected chi connectivity index (χ3v) is 3.96. The molecule has 0 radical (unpaired) electrons. The maximum atomic E-state index is 10.9. The fraction of sp³-hybridized carbons (Fsp3) is 0.222. The average molecular weight is 325 g/mol. The smallest absolute Gasteiger partial charge is 0.305 e. The molecule has 6 nitrogen and oxygen atoms in total. The molecule has 124 valence electrons. The molecule has 0 bridgehead atoms. The van der Waals surface area contributed by atoms with E-state index in [1.807, 2.05) is 41.0 Å². The molecule has 3 rings (SSSR count). The van der Waals surface area contributed by atoms with Crippen LogP contribution in [0.3, 0.4) is 0 Å². The van der Waals surface area contributed by atoms with Crippen LogP contribution in [0, 0.1) is 0 Å². The van der Waals surface area contributed by atoms with Crippen LogP contribution < -0.4 is 5.73 Å². The Hall–Kier alpha value is -2.86. The first-order valence-electron chi connectivity index (χ1n) is 7.75. The molecule has 1 aromatic heterocycles. The monoisotopic (exact) mass is 325 g/mol. The van der Waals surface area contributed by atoms with Crippen molar-refractivity contribution in [3.05, 3.63) is 59.9 Å².